The predicted molar refractivity (Wildman–Crippen MR) is 79.3 cm³/mol. The van der Waals surface area contributed by atoms with Gasteiger partial charge in [-0.25, -0.2) is 4.98 Å². The zero-order valence-electron chi connectivity index (χ0n) is 12.1. The Morgan fingerprint density at radius 3 is 2.71 bits per heavy atom. The number of amides is 1. The maximum atomic E-state index is 12.6. The lowest BCUT2D eigenvalue weighted by Crippen LogP contribution is -2.41. The summed E-state index contributed by atoms with van der Waals surface area (Å²) in [6, 6.07) is 10.1. The van der Waals surface area contributed by atoms with Gasteiger partial charge < -0.3 is 14.6 Å². The highest BCUT2D eigenvalue weighted by Gasteiger charge is 2.23. The van der Waals surface area contributed by atoms with E-state index in [4.69, 9.17) is 4.74 Å². The summed E-state index contributed by atoms with van der Waals surface area (Å²) in [6.45, 7) is 4.35. The van der Waals surface area contributed by atoms with Gasteiger partial charge in [0, 0.05) is 19.5 Å². The van der Waals surface area contributed by atoms with E-state index in [1.807, 2.05) is 30.0 Å². The van der Waals surface area contributed by atoms with Crippen LogP contribution in [-0.2, 0) is 11.2 Å². The molecule has 0 unspecified atom stereocenters. The molecule has 1 N–H and O–H groups in total. The molecule has 21 heavy (non-hydrogen) atoms. The third kappa shape index (κ3) is 3.13. The molecule has 3 rings (SSSR count). The van der Waals surface area contributed by atoms with Crippen LogP contribution in [0, 0.1) is 6.92 Å². The number of aryl methyl sites for hydroxylation is 1. The molecular weight excluding hydrogens is 266 g/mol. The fourth-order valence-corrected chi connectivity index (χ4v) is 2.56. The average molecular weight is 285 g/mol. The van der Waals surface area contributed by atoms with Gasteiger partial charge in [0.25, 0.3) is 5.91 Å². The number of imidazole rings is 1. The number of aromatic amines is 1. The Morgan fingerprint density at radius 1 is 1.29 bits per heavy atom. The van der Waals surface area contributed by atoms with Crippen molar-refractivity contribution in [2.45, 2.75) is 13.3 Å². The molecule has 1 aliphatic heterocycles. The minimum atomic E-state index is -0.00594. The van der Waals surface area contributed by atoms with Crippen molar-refractivity contribution in [3.05, 3.63) is 53.1 Å². The van der Waals surface area contributed by atoms with E-state index in [0.717, 1.165) is 17.1 Å². The molecule has 0 atom stereocenters. The van der Waals surface area contributed by atoms with Crippen molar-refractivity contribution in [3.8, 4) is 0 Å². The highest BCUT2D eigenvalue weighted by atomic mass is 16.5. The zero-order valence-corrected chi connectivity index (χ0v) is 12.1. The smallest absolute Gasteiger partial charge is 0.274 e. The molecule has 0 radical (unpaired) electrons. The minimum Gasteiger partial charge on any atom is -0.378 e. The first kappa shape index (κ1) is 13.8. The number of carbonyl (C=O) groups excluding carboxylic acids is 1. The van der Waals surface area contributed by atoms with E-state index < -0.39 is 0 Å². The molecule has 0 spiro atoms. The molecule has 1 fully saturated rings. The van der Waals surface area contributed by atoms with E-state index in [2.05, 4.69) is 22.1 Å². The van der Waals surface area contributed by atoms with Crippen LogP contribution < -0.4 is 0 Å². The fraction of sp³-hybridized carbons (Fsp3) is 0.375. The lowest BCUT2D eigenvalue weighted by Gasteiger charge is -2.26. The fourth-order valence-electron chi connectivity index (χ4n) is 2.56. The molecule has 0 bridgehead atoms. The van der Waals surface area contributed by atoms with Crippen molar-refractivity contribution in [1.82, 2.24) is 14.9 Å². The Balaban J connectivity index is 1.83. The maximum Gasteiger partial charge on any atom is 0.274 e. The van der Waals surface area contributed by atoms with Gasteiger partial charge in [-0.15, -0.1) is 0 Å². The molecule has 2 heterocycles. The first-order valence-electron chi connectivity index (χ1n) is 7.20. The molecule has 1 aromatic heterocycles. The maximum absolute atomic E-state index is 12.6. The lowest BCUT2D eigenvalue weighted by molar-refractivity contribution is 0.0298. The Labute approximate surface area is 124 Å². The zero-order chi connectivity index (χ0) is 14.7. The monoisotopic (exact) mass is 285 g/mol. The van der Waals surface area contributed by atoms with Gasteiger partial charge in [0.1, 0.15) is 11.5 Å². The molecule has 5 heteroatoms. The van der Waals surface area contributed by atoms with E-state index in [0.29, 0.717) is 38.4 Å². The van der Waals surface area contributed by atoms with E-state index in [1.165, 1.54) is 0 Å². The first-order valence-corrected chi connectivity index (χ1v) is 7.20. The average Bonchev–Trinajstić information content (AvgIpc) is 2.89. The number of rotatable bonds is 3. The minimum absolute atomic E-state index is 0.00594. The number of aromatic nitrogens is 2. The molecule has 1 aromatic carbocycles. The number of carbonyl (C=O) groups is 1. The van der Waals surface area contributed by atoms with Crippen LogP contribution in [0.5, 0.6) is 0 Å². The van der Waals surface area contributed by atoms with Crippen molar-refractivity contribution >= 4 is 5.91 Å². The topological polar surface area (TPSA) is 58.2 Å². The number of nitrogens with one attached hydrogen (secondary N) is 1. The van der Waals surface area contributed by atoms with E-state index in [-0.39, 0.29) is 5.91 Å². The van der Waals surface area contributed by atoms with Crippen molar-refractivity contribution in [2.24, 2.45) is 0 Å². The summed E-state index contributed by atoms with van der Waals surface area (Å²) < 4.78 is 5.29. The van der Waals surface area contributed by atoms with Crippen LogP contribution in [0.1, 0.15) is 27.6 Å². The van der Waals surface area contributed by atoms with E-state index >= 15 is 0 Å². The molecular formula is C16H19N3O2. The second kappa shape index (κ2) is 6.10. The summed E-state index contributed by atoms with van der Waals surface area (Å²) in [6.07, 6.45) is 0.688. The van der Waals surface area contributed by atoms with Gasteiger partial charge in [-0.05, 0) is 12.5 Å². The summed E-state index contributed by atoms with van der Waals surface area (Å²) >= 11 is 0. The number of H-pyrrole nitrogens is 1. The van der Waals surface area contributed by atoms with Crippen LogP contribution in [0.15, 0.2) is 30.3 Å². The van der Waals surface area contributed by atoms with Gasteiger partial charge in [0.15, 0.2) is 0 Å². The van der Waals surface area contributed by atoms with Gasteiger partial charge in [-0.3, -0.25) is 4.79 Å². The molecule has 5 nitrogen and oxygen atoms in total. The molecule has 1 aliphatic rings. The normalized spacial score (nSPS) is 15.2. The molecule has 110 valence electrons. The van der Waals surface area contributed by atoms with Crippen molar-refractivity contribution < 1.29 is 9.53 Å². The van der Waals surface area contributed by atoms with E-state index in [9.17, 15) is 4.79 Å². The number of hydrogen-bond acceptors (Lipinski definition) is 3. The van der Waals surface area contributed by atoms with Gasteiger partial charge in [0.05, 0.1) is 18.9 Å². The third-order valence-corrected chi connectivity index (χ3v) is 3.62. The Kier molecular flexibility index (Phi) is 4.01. The SMILES string of the molecule is Cc1nc(C(=O)N2CCOCC2)c(Cc2ccccc2)[nH]1. The molecule has 1 amide bonds. The van der Waals surface area contributed by atoms with Crippen molar-refractivity contribution in [2.75, 3.05) is 26.3 Å². The van der Waals surface area contributed by atoms with E-state index in [1.54, 1.807) is 0 Å². The second-order valence-corrected chi connectivity index (χ2v) is 5.22. The van der Waals surface area contributed by atoms with Crippen molar-refractivity contribution in [1.29, 1.82) is 0 Å². The van der Waals surface area contributed by atoms with Crippen LogP contribution in [0.3, 0.4) is 0 Å². The summed E-state index contributed by atoms with van der Waals surface area (Å²) in [7, 11) is 0. The van der Waals surface area contributed by atoms with Crippen molar-refractivity contribution in [3.63, 3.8) is 0 Å². The van der Waals surface area contributed by atoms with Crippen LogP contribution in [0.2, 0.25) is 0 Å². The van der Waals surface area contributed by atoms with Crippen LogP contribution in [0.25, 0.3) is 0 Å². The molecule has 2 aromatic rings. The molecule has 0 aliphatic carbocycles. The van der Waals surface area contributed by atoms with Gasteiger partial charge >= 0.3 is 0 Å². The number of benzene rings is 1. The highest BCUT2D eigenvalue weighted by Crippen LogP contribution is 2.15. The standard InChI is InChI=1S/C16H19N3O2/c1-12-17-14(11-13-5-3-2-4-6-13)15(18-12)16(20)19-7-9-21-10-8-19/h2-6H,7-11H2,1H3,(H,17,18). The Hall–Kier alpha value is -2.14. The second-order valence-electron chi connectivity index (χ2n) is 5.22. The summed E-state index contributed by atoms with van der Waals surface area (Å²) in [5, 5.41) is 0. The summed E-state index contributed by atoms with van der Waals surface area (Å²) in [5.41, 5.74) is 2.59. The van der Waals surface area contributed by atoms with Crippen LogP contribution in [0.4, 0.5) is 0 Å². The van der Waals surface area contributed by atoms with Gasteiger partial charge in [0.2, 0.25) is 0 Å². The summed E-state index contributed by atoms with van der Waals surface area (Å²) in [5.74, 6) is 0.770. The Morgan fingerprint density at radius 2 is 2.00 bits per heavy atom. The molecule has 1 saturated heterocycles. The molecule has 0 saturated carbocycles. The lowest BCUT2D eigenvalue weighted by atomic mass is 10.1. The highest BCUT2D eigenvalue weighted by molar-refractivity contribution is 5.93. The number of hydrogen-bond donors (Lipinski definition) is 1. The first-order chi connectivity index (χ1) is 10.2. The van der Waals surface area contributed by atoms with Crippen LogP contribution in [-0.4, -0.2) is 47.1 Å². The third-order valence-electron chi connectivity index (χ3n) is 3.62. The number of morpholine rings is 1. The number of nitrogens with zero attached hydrogens (tertiary/aromatic N) is 2. The number of ether oxygens (including phenoxy) is 1. The van der Waals surface area contributed by atoms with Gasteiger partial charge in [-0.2, -0.15) is 0 Å². The predicted octanol–water partition coefficient (Wildman–Crippen LogP) is 1.78. The largest absolute Gasteiger partial charge is 0.378 e. The Bertz CT molecular complexity index is 616. The quantitative estimate of drug-likeness (QED) is 0.935. The van der Waals surface area contributed by atoms with Gasteiger partial charge in [-0.1, -0.05) is 30.3 Å². The van der Waals surface area contributed by atoms with Crippen LogP contribution >= 0.6 is 0 Å². The summed E-state index contributed by atoms with van der Waals surface area (Å²) in [4.78, 5) is 22.0.